The maximum atomic E-state index is 11.0. The van der Waals surface area contributed by atoms with E-state index < -0.39 is 11.7 Å². The predicted octanol–water partition coefficient (Wildman–Crippen LogP) is 2.39. The van der Waals surface area contributed by atoms with Crippen molar-refractivity contribution >= 4 is 6.09 Å². The Kier molecular flexibility index (Phi) is 6.38. The molecular formula is C17H28N2O3. The Balaban J connectivity index is 2.86. The molecule has 4 N–H and O–H groups in total. The molecule has 0 fully saturated rings. The van der Waals surface area contributed by atoms with E-state index in [0.717, 1.165) is 5.56 Å². The quantitative estimate of drug-likeness (QED) is 0.688. The smallest absolute Gasteiger partial charge is 0.405 e. The number of primary amides is 1. The van der Waals surface area contributed by atoms with E-state index in [0.29, 0.717) is 13.0 Å². The Hall–Kier alpha value is -1.59. The van der Waals surface area contributed by atoms with Gasteiger partial charge in [0.15, 0.2) is 0 Å². The summed E-state index contributed by atoms with van der Waals surface area (Å²) in [7, 11) is 0. The number of carbonyl (C=O) groups excluding carboxylic acids is 1. The van der Waals surface area contributed by atoms with Crippen LogP contribution in [0.15, 0.2) is 30.3 Å². The number of carbonyl (C=O) groups is 1. The second-order valence-electron chi connectivity index (χ2n) is 6.92. The van der Waals surface area contributed by atoms with Crippen molar-refractivity contribution in [3.8, 4) is 0 Å². The van der Waals surface area contributed by atoms with Gasteiger partial charge in [-0.2, -0.15) is 0 Å². The molecule has 5 heteroatoms. The van der Waals surface area contributed by atoms with E-state index in [4.69, 9.17) is 10.5 Å². The number of benzene rings is 1. The van der Waals surface area contributed by atoms with E-state index >= 15 is 0 Å². The van der Waals surface area contributed by atoms with Gasteiger partial charge in [0.2, 0.25) is 0 Å². The summed E-state index contributed by atoms with van der Waals surface area (Å²) in [5.41, 5.74) is 5.29. The molecule has 1 atom stereocenters. The van der Waals surface area contributed by atoms with E-state index in [-0.39, 0.29) is 18.1 Å². The van der Waals surface area contributed by atoms with Gasteiger partial charge in [0.25, 0.3) is 0 Å². The molecule has 0 spiro atoms. The first-order valence-electron chi connectivity index (χ1n) is 7.54. The summed E-state index contributed by atoms with van der Waals surface area (Å²) in [6.45, 7) is 8.31. The average molecular weight is 308 g/mol. The summed E-state index contributed by atoms with van der Waals surface area (Å²) in [4.78, 5) is 11.0. The number of rotatable bonds is 8. The minimum Gasteiger partial charge on any atom is -0.444 e. The van der Waals surface area contributed by atoms with Crippen LogP contribution in [0.2, 0.25) is 0 Å². The van der Waals surface area contributed by atoms with Crippen molar-refractivity contribution in [3.63, 3.8) is 0 Å². The summed E-state index contributed by atoms with van der Waals surface area (Å²) >= 11 is 0. The van der Waals surface area contributed by atoms with Crippen LogP contribution in [0, 0.1) is 0 Å². The van der Waals surface area contributed by atoms with Crippen molar-refractivity contribution in [2.75, 3.05) is 13.2 Å². The van der Waals surface area contributed by atoms with Gasteiger partial charge in [-0.25, -0.2) is 4.79 Å². The van der Waals surface area contributed by atoms with Gasteiger partial charge in [-0.3, -0.25) is 0 Å². The summed E-state index contributed by atoms with van der Waals surface area (Å²) in [6, 6.07) is 10.1. The summed E-state index contributed by atoms with van der Waals surface area (Å²) < 4.78 is 5.21. The van der Waals surface area contributed by atoms with Crippen LogP contribution in [0.25, 0.3) is 0 Å². The molecule has 0 saturated carbocycles. The number of aliphatic hydroxyl groups is 1. The SMILES string of the molecule is CC(C)(CO)NCC(CC(C)(C)OC(N)=O)c1ccccc1. The minimum atomic E-state index is -0.763. The lowest BCUT2D eigenvalue weighted by molar-refractivity contribution is 0.0328. The van der Waals surface area contributed by atoms with Crippen molar-refractivity contribution in [1.82, 2.24) is 5.32 Å². The Morgan fingerprint density at radius 1 is 1.27 bits per heavy atom. The van der Waals surface area contributed by atoms with E-state index in [9.17, 15) is 9.90 Å². The number of nitrogens with one attached hydrogen (secondary N) is 1. The lowest BCUT2D eigenvalue weighted by atomic mass is 9.87. The van der Waals surface area contributed by atoms with E-state index in [1.54, 1.807) is 0 Å². The Bertz CT molecular complexity index is 472. The highest BCUT2D eigenvalue weighted by Crippen LogP contribution is 2.28. The summed E-state index contributed by atoms with van der Waals surface area (Å²) in [5, 5.41) is 12.7. The van der Waals surface area contributed by atoms with Crippen molar-refractivity contribution in [1.29, 1.82) is 0 Å². The van der Waals surface area contributed by atoms with Gasteiger partial charge in [0.05, 0.1) is 6.61 Å². The first-order valence-corrected chi connectivity index (χ1v) is 7.54. The molecule has 0 aliphatic heterocycles. The minimum absolute atomic E-state index is 0.0513. The van der Waals surface area contributed by atoms with Gasteiger partial charge in [0.1, 0.15) is 5.60 Å². The summed E-state index contributed by atoms with van der Waals surface area (Å²) in [5.74, 6) is 0.140. The highest BCUT2D eigenvalue weighted by atomic mass is 16.6. The molecule has 1 aromatic rings. The monoisotopic (exact) mass is 308 g/mol. The predicted molar refractivity (Wildman–Crippen MR) is 87.7 cm³/mol. The fraction of sp³-hybridized carbons (Fsp3) is 0.588. The largest absolute Gasteiger partial charge is 0.444 e. The molecule has 1 aromatic carbocycles. The van der Waals surface area contributed by atoms with Gasteiger partial charge in [-0.15, -0.1) is 0 Å². The van der Waals surface area contributed by atoms with Crippen LogP contribution in [0.3, 0.4) is 0 Å². The topological polar surface area (TPSA) is 84.6 Å². The fourth-order valence-electron chi connectivity index (χ4n) is 2.40. The Morgan fingerprint density at radius 3 is 2.36 bits per heavy atom. The molecule has 22 heavy (non-hydrogen) atoms. The first kappa shape index (κ1) is 18.5. The number of hydrogen-bond donors (Lipinski definition) is 3. The lowest BCUT2D eigenvalue weighted by Gasteiger charge is -2.32. The molecule has 0 saturated heterocycles. The maximum absolute atomic E-state index is 11.0. The van der Waals surface area contributed by atoms with Gasteiger partial charge >= 0.3 is 6.09 Å². The third kappa shape index (κ3) is 6.45. The molecule has 0 aliphatic carbocycles. The Labute approximate surface area is 132 Å². The zero-order chi connectivity index (χ0) is 16.8. The van der Waals surface area contributed by atoms with Gasteiger partial charge in [-0.05, 0) is 39.7 Å². The van der Waals surface area contributed by atoms with Crippen LogP contribution in [0.4, 0.5) is 4.79 Å². The molecule has 1 amide bonds. The maximum Gasteiger partial charge on any atom is 0.405 e. The molecule has 0 radical (unpaired) electrons. The van der Waals surface area contributed by atoms with Crippen LogP contribution >= 0.6 is 0 Å². The van der Waals surface area contributed by atoms with Gasteiger partial charge in [0, 0.05) is 18.0 Å². The van der Waals surface area contributed by atoms with Crippen LogP contribution in [0.5, 0.6) is 0 Å². The first-order chi connectivity index (χ1) is 10.2. The third-order valence-corrected chi connectivity index (χ3v) is 3.61. The van der Waals surface area contributed by atoms with Crippen molar-refractivity contribution in [2.24, 2.45) is 5.73 Å². The molecule has 0 aromatic heterocycles. The second kappa shape index (κ2) is 7.61. The van der Waals surface area contributed by atoms with E-state index in [2.05, 4.69) is 17.4 Å². The van der Waals surface area contributed by atoms with Crippen LogP contribution < -0.4 is 11.1 Å². The van der Waals surface area contributed by atoms with Gasteiger partial charge < -0.3 is 20.9 Å². The number of hydrogen-bond acceptors (Lipinski definition) is 4. The number of amides is 1. The zero-order valence-electron chi connectivity index (χ0n) is 13.9. The van der Waals surface area contributed by atoms with Crippen LogP contribution in [0.1, 0.15) is 45.6 Å². The lowest BCUT2D eigenvalue weighted by Crippen LogP contribution is -2.45. The molecule has 0 heterocycles. The number of ether oxygens (including phenoxy) is 1. The van der Waals surface area contributed by atoms with Crippen molar-refractivity contribution < 1.29 is 14.6 Å². The molecule has 1 rings (SSSR count). The average Bonchev–Trinajstić information content (AvgIpc) is 2.43. The molecule has 0 bridgehead atoms. The molecule has 0 aliphatic rings. The normalized spacial score (nSPS) is 13.7. The molecule has 1 unspecified atom stereocenters. The third-order valence-electron chi connectivity index (χ3n) is 3.61. The second-order valence-corrected chi connectivity index (χ2v) is 6.92. The zero-order valence-corrected chi connectivity index (χ0v) is 13.9. The number of aliphatic hydroxyl groups excluding tert-OH is 1. The standard InChI is InChI=1S/C17H28N2O3/c1-16(2,12-20)19-11-14(13-8-6-5-7-9-13)10-17(3,4)22-15(18)21/h5-9,14,19-20H,10-12H2,1-4H3,(H2,18,21). The van der Waals surface area contributed by atoms with Gasteiger partial charge in [-0.1, -0.05) is 30.3 Å². The fourth-order valence-corrected chi connectivity index (χ4v) is 2.40. The van der Waals surface area contributed by atoms with Crippen molar-refractivity contribution in [2.45, 2.75) is 51.2 Å². The van der Waals surface area contributed by atoms with E-state index in [1.807, 2.05) is 45.9 Å². The molecular weight excluding hydrogens is 280 g/mol. The van der Waals surface area contributed by atoms with E-state index in [1.165, 1.54) is 0 Å². The van der Waals surface area contributed by atoms with Crippen molar-refractivity contribution in [3.05, 3.63) is 35.9 Å². The highest BCUT2D eigenvalue weighted by molar-refractivity contribution is 5.65. The van der Waals surface area contributed by atoms with Crippen LogP contribution in [-0.2, 0) is 4.74 Å². The van der Waals surface area contributed by atoms with Crippen LogP contribution in [-0.4, -0.2) is 35.5 Å². The molecule has 124 valence electrons. The molecule has 5 nitrogen and oxygen atoms in total. The Morgan fingerprint density at radius 2 is 1.86 bits per heavy atom. The number of nitrogens with two attached hydrogens (primary N) is 1. The highest BCUT2D eigenvalue weighted by Gasteiger charge is 2.28. The summed E-state index contributed by atoms with van der Waals surface area (Å²) in [6.07, 6.45) is -0.130.